The van der Waals surface area contributed by atoms with Gasteiger partial charge in [0.15, 0.2) is 6.04 Å². The Morgan fingerprint density at radius 3 is 2.32 bits per heavy atom. The van der Waals surface area contributed by atoms with E-state index >= 15 is 0 Å². The summed E-state index contributed by atoms with van der Waals surface area (Å²) >= 11 is 0. The van der Waals surface area contributed by atoms with Gasteiger partial charge in [-0.05, 0) is 41.8 Å². The van der Waals surface area contributed by atoms with E-state index in [9.17, 15) is 19.5 Å². The maximum atomic E-state index is 13.8. The van der Waals surface area contributed by atoms with Gasteiger partial charge in [-0.2, -0.15) is 0 Å². The van der Waals surface area contributed by atoms with E-state index in [1.54, 1.807) is 54.6 Å². The molecule has 7 heteroatoms. The van der Waals surface area contributed by atoms with Gasteiger partial charge in [-0.15, -0.1) is 0 Å². The normalized spacial score (nSPS) is 12.3. The van der Waals surface area contributed by atoms with Crippen molar-refractivity contribution < 1.29 is 9.90 Å². The van der Waals surface area contributed by atoms with Gasteiger partial charge in [-0.25, -0.2) is 14.2 Å². The molecular formula is C27H23N3O4. The van der Waals surface area contributed by atoms with Crippen LogP contribution in [0.15, 0.2) is 88.6 Å². The number of hydrogen-bond donors (Lipinski definition) is 1. The number of aliphatic carboxylic acids is 1. The van der Waals surface area contributed by atoms with E-state index in [-0.39, 0.29) is 6.54 Å². The molecule has 0 spiro atoms. The number of aromatic nitrogens is 3. The number of nitrogens with zero attached hydrogens (tertiary/aromatic N) is 3. The molecular weight excluding hydrogens is 430 g/mol. The first kappa shape index (κ1) is 21.5. The number of rotatable bonds is 5. The second-order valence-electron chi connectivity index (χ2n) is 8.45. The number of benzene rings is 3. The van der Waals surface area contributed by atoms with Gasteiger partial charge >= 0.3 is 11.7 Å². The highest BCUT2D eigenvalue weighted by Crippen LogP contribution is 2.26. The van der Waals surface area contributed by atoms with Crippen LogP contribution in [0.1, 0.15) is 22.7 Å². The molecule has 0 aliphatic heterocycles. The molecule has 5 rings (SSSR count). The Labute approximate surface area is 194 Å². The van der Waals surface area contributed by atoms with Crippen LogP contribution in [0.3, 0.4) is 0 Å². The van der Waals surface area contributed by atoms with E-state index in [1.807, 2.05) is 42.9 Å². The van der Waals surface area contributed by atoms with Gasteiger partial charge in [0.25, 0.3) is 5.56 Å². The van der Waals surface area contributed by atoms with E-state index in [4.69, 9.17) is 0 Å². The molecule has 170 valence electrons. The zero-order chi connectivity index (χ0) is 24.0. The molecule has 0 saturated carbocycles. The highest BCUT2D eigenvalue weighted by molar-refractivity contribution is 5.87. The second kappa shape index (κ2) is 8.19. The summed E-state index contributed by atoms with van der Waals surface area (Å²) in [6.45, 7) is 2.21. The molecule has 0 unspecified atom stereocenters. The molecule has 2 aromatic heterocycles. The molecule has 0 aliphatic carbocycles. The smallest absolute Gasteiger partial charge is 0.332 e. The van der Waals surface area contributed by atoms with E-state index in [0.29, 0.717) is 16.5 Å². The standard InChI is InChI=1S/C27H23N3O4/c1-17-9-8-14-22-23(17)19(15-28(22)2)16-29-21-13-7-6-12-20(21)25(31)30(27(29)34)24(26(32)33)18-10-4-3-5-11-18/h3-15,24H,16H2,1-2H3,(H,32,33)/t24-/m1/s1. The van der Waals surface area contributed by atoms with Crippen molar-refractivity contribution in [1.82, 2.24) is 13.7 Å². The lowest BCUT2D eigenvalue weighted by Gasteiger charge is -2.19. The van der Waals surface area contributed by atoms with Crippen molar-refractivity contribution in [3.05, 3.63) is 117 Å². The zero-order valence-electron chi connectivity index (χ0n) is 18.8. The quantitative estimate of drug-likeness (QED) is 0.440. The molecule has 1 N–H and O–H groups in total. The highest BCUT2D eigenvalue weighted by Gasteiger charge is 2.28. The summed E-state index contributed by atoms with van der Waals surface area (Å²) in [5, 5.41) is 11.4. The number of fused-ring (bicyclic) bond motifs is 2. The summed E-state index contributed by atoms with van der Waals surface area (Å²) in [7, 11) is 1.95. The average Bonchev–Trinajstić information content (AvgIpc) is 3.16. The fourth-order valence-electron chi connectivity index (χ4n) is 4.78. The molecule has 0 aliphatic rings. The predicted octanol–water partition coefficient (Wildman–Crippen LogP) is 3.69. The van der Waals surface area contributed by atoms with Crippen molar-refractivity contribution in [1.29, 1.82) is 0 Å². The summed E-state index contributed by atoms with van der Waals surface area (Å²) < 4.78 is 4.36. The van der Waals surface area contributed by atoms with Crippen LogP contribution < -0.4 is 11.2 Å². The lowest BCUT2D eigenvalue weighted by atomic mass is 10.1. The minimum Gasteiger partial charge on any atom is -0.479 e. The van der Waals surface area contributed by atoms with Gasteiger partial charge in [0, 0.05) is 24.1 Å². The van der Waals surface area contributed by atoms with Crippen molar-refractivity contribution in [3.8, 4) is 0 Å². The Kier molecular flexibility index (Phi) is 5.17. The van der Waals surface area contributed by atoms with Crippen molar-refractivity contribution in [3.63, 3.8) is 0 Å². The summed E-state index contributed by atoms with van der Waals surface area (Å²) in [6, 6.07) is 19.8. The fraction of sp³-hybridized carbons (Fsp3) is 0.148. The fourth-order valence-corrected chi connectivity index (χ4v) is 4.78. The van der Waals surface area contributed by atoms with Crippen molar-refractivity contribution in [2.45, 2.75) is 19.5 Å². The summed E-state index contributed by atoms with van der Waals surface area (Å²) in [6.07, 6.45) is 1.97. The van der Waals surface area contributed by atoms with E-state index < -0.39 is 23.3 Å². The number of hydrogen-bond acceptors (Lipinski definition) is 3. The third-order valence-electron chi connectivity index (χ3n) is 6.32. The first-order chi connectivity index (χ1) is 16.4. The maximum absolute atomic E-state index is 13.8. The number of carbonyl (C=O) groups is 1. The maximum Gasteiger partial charge on any atom is 0.332 e. The Balaban J connectivity index is 1.82. The Hall–Kier alpha value is -4.39. The highest BCUT2D eigenvalue weighted by atomic mass is 16.4. The summed E-state index contributed by atoms with van der Waals surface area (Å²) in [5.41, 5.74) is 2.57. The second-order valence-corrected chi connectivity index (χ2v) is 8.45. The van der Waals surface area contributed by atoms with Gasteiger partial charge in [0.05, 0.1) is 17.4 Å². The van der Waals surface area contributed by atoms with E-state index in [0.717, 1.165) is 26.6 Å². The van der Waals surface area contributed by atoms with Crippen LogP contribution in [0.5, 0.6) is 0 Å². The number of carboxylic acids is 1. The molecule has 0 radical (unpaired) electrons. The van der Waals surface area contributed by atoms with Gasteiger partial charge in [-0.3, -0.25) is 9.36 Å². The van der Waals surface area contributed by atoms with Crippen LogP contribution in [0.4, 0.5) is 0 Å². The van der Waals surface area contributed by atoms with Crippen molar-refractivity contribution >= 4 is 27.8 Å². The SMILES string of the molecule is Cc1cccc2c1c(Cn1c(=O)n([C@@H](C(=O)O)c3ccccc3)c(=O)c3ccccc31)cn2C. The monoisotopic (exact) mass is 453 g/mol. The third kappa shape index (κ3) is 3.33. The minimum atomic E-state index is -1.44. The van der Waals surface area contributed by atoms with Crippen LogP contribution in [0, 0.1) is 6.92 Å². The van der Waals surface area contributed by atoms with Crippen LogP contribution in [0.2, 0.25) is 0 Å². The van der Waals surface area contributed by atoms with Gasteiger partial charge < -0.3 is 9.67 Å². The Morgan fingerprint density at radius 1 is 0.912 bits per heavy atom. The number of para-hydroxylation sites is 1. The van der Waals surface area contributed by atoms with Crippen LogP contribution in [-0.2, 0) is 18.4 Å². The first-order valence-corrected chi connectivity index (χ1v) is 10.9. The molecule has 5 aromatic rings. The third-order valence-corrected chi connectivity index (χ3v) is 6.32. The predicted molar refractivity (Wildman–Crippen MR) is 131 cm³/mol. The largest absolute Gasteiger partial charge is 0.479 e. The molecule has 2 heterocycles. The molecule has 0 fully saturated rings. The first-order valence-electron chi connectivity index (χ1n) is 10.9. The minimum absolute atomic E-state index is 0.197. The van der Waals surface area contributed by atoms with Crippen LogP contribution in [0.25, 0.3) is 21.8 Å². The average molecular weight is 453 g/mol. The Morgan fingerprint density at radius 2 is 1.59 bits per heavy atom. The van der Waals surface area contributed by atoms with Crippen LogP contribution in [-0.4, -0.2) is 24.8 Å². The van der Waals surface area contributed by atoms with Crippen molar-refractivity contribution in [2.75, 3.05) is 0 Å². The summed E-state index contributed by atoms with van der Waals surface area (Å²) in [5.74, 6) is -1.27. The lowest BCUT2D eigenvalue weighted by Crippen LogP contribution is -2.45. The molecule has 3 aromatic carbocycles. The van der Waals surface area contributed by atoms with Gasteiger partial charge in [0.2, 0.25) is 0 Å². The molecule has 0 amide bonds. The molecule has 0 saturated heterocycles. The Bertz CT molecular complexity index is 1680. The molecule has 34 heavy (non-hydrogen) atoms. The number of carboxylic acid groups (broad SMARTS) is 1. The van der Waals surface area contributed by atoms with Crippen molar-refractivity contribution in [2.24, 2.45) is 7.05 Å². The zero-order valence-corrected chi connectivity index (χ0v) is 18.8. The van der Waals surface area contributed by atoms with Gasteiger partial charge in [0.1, 0.15) is 0 Å². The lowest BCUT2D eigenvalue weighted by molar-refractivity contribution is -0.139. The number of aryl methyl sites for hydroxylation is 2. The molecule has 1 atom stereocenters. The van der Waals surface area contributed by atoms with E-state index in [2.05, 4.69) is 0 Å². The topological polar surface area (TPSA) is 86.2 Å². The van der Waals surface area contributed by atoms with E-state index in [1.165, 1.54) is 4.57 Å². The van der Waals surface area contributed by atoms with Gasteiger partial charge in [-0.1, -0.05) is 54.6 Å². The summed E-state index contributed by atoms with van der Waals surface area (Å²) in [4.78, 5) is 39.6. The van der Waals surface area contributed by atoms with Crippen LogP contribution >= 0.6 is 0 Å². The molecule has 7 nitrogen and oxygen atoms in total. The molecule has 0 bridgehead atoms.